The van der Waals surface area contributed by atoms with Gasteiger partial charge in [-0.05, 0) is 50.4 Å². The van der Waals surface area contributed by atoms with Gasteiger partial charge in [-0.3, -0.25) is 0 Å². The van der Waals surface area contributed by atoms with Crippen LogP contribution in [-0.4, -0.2) is 36.8 Å². The van der Waals surface area contributed by atoms with Gasteiger partial charge in [0.25, 0.3) is 5.60 Å². The van der Waals surface area contributed by atoms with Gasteiger partial charge in [-0.15, -0.1) is 0 Å². The van der Waals surface area contributed by atoms with Crippen LogP contribution in [0.25, 0.3) is 0 Å². The van der Waals surface area contributed by atoms with Crippen LogP contribution in [0.2, 0.25) is 0 Å². The number of epoxide rings is 1. The molecule has 0 aromatic heterocycles. The number of alkyl halides is 6. The van der Waals surface area contributed by atoms with Crippen molar-refractivity contribution in [2.45, 2.75) is 69.2 Å². The average Bonchev–Trinajstić information content (AvgIpc) is 3.06. The zero-order valence-corrected chi connectivity index (χ0v) is 12.7. The summed E-state index contributed by atoms with van der Waals surface area (Å²) in [5, 5.41) is 0. The van der Waals surface area contributed by atoms with Crippen molar-refractivity contribution in [1.82, 2.24) is 0 Å². The van der Waals surface area contributed by atoms with Gasteiger partial charge in [0, 0.05) is 0 Å². The lowest BCUT2D eigenvalue weighted by molar-refractivity contribution is -0.395. The van der Waals surface area contributed by atoms with Crippen LogP contribution in [0.1, 0.15) is 39.0 Å². The van der Waals surface area contributed by atoms with Crippen LogP contribution < -0.4 is 0 Å². The SMILES string of the molecule is CC(OC(CC1CC2CCC1C2)(C(F)(F)F)C(F)(F)F)C1CO1. The second-order valence-electron chi connectivity index (χ2n) is 7.16. The van der Waals surface area contributed by atoms with E-state index in [1.807, 2.05) is 0 Å². The van der Waals surface area contributed by atoms with E-state index in [9.17, 15) is 26.3 Å². The van der Waals surface area contributed by atoms with Gasteiger partial charge in [0.1, 0.15) is 6.10 Å². The van der Waals surface area contributed by atoms with Gasteiger partial charge >= 0.3 is 12.4 Å². The number of ether oxygens (including phenoxy) is 2. The summed E-state index contributed by atoms with van der Waals surface area (Å²) in [5.41, 5.74) is -4.10. The number of hydrogen-bond donors (Lipinski definition) is 0. The highest BCUT2D eigenvalue weighted by Crippen LogP contribution is 2.57. The van der Waals surface area contributed by atoms with Crippen LogP contribution in [0.5, 0.6) is 0 Å². The van der Waals surface area contributed by atoms with E-state index in [4.69, 9.17) is 4.74 Å². The average molecular weight is 346 g/mol. The Labute approximate surface area is 130 Å². The first kappa shape index (κ1) is 17.3. The van der Waals surface area contributed by atoms with Gasteiger partial charge in [0.15, 0.2) is 0 Å². The highest BCUT2D eigenvalue weighted by molar-refractivity contribution is 5.03. The van der Waals surface area contributed by atoms with E-state index in [0.717, 1.165) is 19.3 Å². The fourth-order valence-corrected chi connectivity index (χ4v) is 4.29. The Morgan fingerprint density at radius 3 is 2.04 bits per heavy atom. The second kappa shape index (κ2) is 5.51. The molecule has 1 aliphatic heterocycles. The lowest BCUT2D eigenvalue weighted by atomic mass is 9.79. The van der Waals surface area contributed by atoms with Gasteiger partial charge in [-0.1, -0.05) is 6.42 Å². The molecule has 2 saturated carbocycles. The molecule has 0 amide bonds. The summed E-state index contributed by atoms with van der Waals surface area (Å²) in [6, 6.07) is 0. The van der Waals surface area contributed by atoms with Gasteiger partial charge in [0.2, 0.25) is 0 Å². The monoisotopic (exact) mass is 346 g/mol. The zero-order valence-electron chi connectivity index (χ0n) is 12.7. The molecule has 5 unspecified atom stereocenters. The highest BCUT2D eigenvalue weighted by Gasteiger charge is 2.73. The predicted molar refractivity (Wildman–Crippen MR) is 68.7 cm³/mol. The minimum Gasteiger partial charge on any atom is -0.370 e. The summed E-state index contributed by atoms with van der Waals surface area (Å²) in [6.07, 6.45) is -11.1. The van der Waals surface area contributed by atoms with Crippen molar-refractivity contribution < 1.29 is 35.8 Å². The Morgan fingerprint density at radius 2 is 1.65 bits per heavy atom. The Bertz CT molecular complexity index is 428. The van der Waals surface area contributed by atoms with Crippen molar-refractivity contribution in [1.29, 1.82) is 0 Å². The maximum Gasteiger partial charge on any atom is 0.426 e. The summed E-state index contributed by atoms with van der Waals surface area (Å²) < 4.78 is 90.6. The van der Waals surface area contributed by atoms with Crippen LogP contribution in [0.4, 0.5) is 26.3 Å². The molecule has 2 bridgehead atoms. The van der Waals surface area contributed by atoms with E-state index in [1.54, 1.807) is 0 Å². The highest BCUT2D eigenvalue weighted by atomic mass is 19.4. The van der Waals surface area contributed by atoms with Crippen LogP contribution in [-0.2, 0) is 9.47 Å². The van der Waals surface area contributed by atoms with Crippen molar-refractivity contribution in [3.05, 3.63) is 0 Å². The lowest BCUT2D eigenvalue weighted by Gasteiger charge is -2.41. The number of hydrogen-bond acceptors (Lipinski definition) is 2. The topological polar surface area (TPSA) is 21.8 Å². The van der Waals surface area contributed by atoms with Crippen LogP contribution >= 0.6 is 0 Å². The lowest BCUT2D eigenvalue weighted by Crippen LogP contribution is -2.61. The van der Waals surface area contributed by atoms with E-state index in [0.29, 0.717) is 6.42 Å². The van der Waals surface area contributed by atoms with Gasteiger partial charge in [0.05, 0.1) is 12.7 Å². The number of rotatable bonds is 5. The first-order valence-electron chi connectivity index (χ1n) is 7.96. The molecular formula is C15H20F6O2. The zero-order chi connectivity index (χ0) is 17.0. The molecule has 23 heavy (non-hydrogen) atoms. The maximum atomic E-state index is 13.5. The van der Waals surface area contributed by atoms with Crippen molar-refractivity contribution in [2.24, 2.45) is 17.8 Å². The summed E-state index contributed by atoms with van der Waals surface area (Å²) in [5.74, 6) is -0.349. The van der Waals surface area contributed by atoms with Crippen molar-refractivity contribution in [2.75, 3.05) is 6.61 Å². The van der Waals surface area contributed by atoms with Gasteiger partial charge in [-0.25, -0.2) is 0 Å². The largest absolute Gasteiger partial charge is 0.426 e. The molecule has 0 N–H and O–H groups in total. The standard InChI is InChI=1S/C15H20F6O2/c1-8(12-7-22-12)23-13(14(16,17)18,15(19,20)21)6-11-5-9-2-3-10(11)4-9/h8-12H,2-7H2,1H3. The van der Waals surface area contributed by atoms with Crippen molar-refractivity contribution in [3.63, 3.8) is 0 Å². The Hall–Kier alpha value is -0.500. The van der Waals surface area contributed by atoms with Crippen LogP contribution in [0.3, 0.4) is 0 Å². The molecule has 134 valence electrons. The van der Waals surface area contributed by atoms with E-state index in [1.165, 1.54) is 6.92 Å². The number of fused-ring (bicyclic) bond motifs is 2. The van der Waals surface area contributed by atoms with Crippen LogP contribution in [0, 0.1) is 17.8 Å². The molecule has 1 heterocycles. The molecule has 2 nitrogen and oxygen atoms in total. The fraction of sp³-hybridized carbons (Fsp3) is 1.00. The van der Waals surface area contributed by atoms with Crippen LogP contribution in [0.15, 0.2) is 0 Å². The van der Waals surface area contributed by atoms with Crippen molar-refractivity contribution in [3.8, 4) is 0 Å². The molecule has 0 radical (unpaired) electrons. The third kappa shape index (κ3) is 3.08. The first-order valence-corrected chi connectivity index (χ1v) is 7.96. The molecule has 0 aromatic rings. The third-order valence-corrected chi connectivity index (χ3v) is 5.62. The molecule has 0 aromatic carbocycles. The van der Waals surface area contributed by atoms with E-state index in [2.05, 4.69) is 4.74 Å². The molecule has 3 fully saturated rings. The molecule has 3 rings (SSSR count). The molecule has 3 aliphatic rings. The smallest absolute Gasteiger partial charge is 0.370 e. The summed E-state index contributed by atoms with van der Waals surface area (Å²) in [4.78, 5) is 0. The summed E-state index contributed by atoms with van der Waals surface area (Å²) in [6.45, 7) is 1.35. The van der Waals surface area contributed by atoms with E-state index >= 15 is 0 Å². The van der Waals surface area contributed by atoms with Gasteiger partial charge < -0.3 is 9.47 Å². The summed E-state index contributed by atoms with van der Waals surface area (Å²) >= 11 is 0. The minimum absolute atomic E-state index is 0.0415. The maximum absolute atomic E-state index is 13.5. The van der Waals surface area contributed by atoms with Crippen molar-refractivity contribution >= 4 is 0 Å². The quantitative estimate of drug-likeness (QED) is 0.541. The molecule has 2 aliphatic carbocycles. The first-order chi connectivity index (χ1) is 10.5. The molecule has 1 saturated heterocycles. The third-order valence-electron chi connectivity index (χ3n) is 5.62. The summed E-state index contributed by atoms with van der Waals surface area (Å²) in [7, 11) is 0. The molecule has 0 spiro atoms. The molecular weight excluding hydrogens is 326 g/mol. The van der Waals surface area contributed by atoms with Gasteiger partial charge in [-0.2, -0.15) is 26.3 Å². The number of halogens is 6. The Kier molecular flexibility index (Phi) is 4.15. The second-order valence-corrected chi connectivity index (χ2v) is 7.16. The fourth-order valence-electron chi connectivity index (χ4n) is 4.29. The normalized spacial score (nSPS) is 35.6. The molecule has 8 heteroatoms. The van der Waals surface area contributed by atoms with E-state index in [-0.39, 0.29) is 18.4 Å². The Morgan fingerprint density at radius 1 is 1.04 bits per heavy atom. The predicted octanol–water partition coefficient (Wildman–Crippen LogP) is 4.48. The minimum atomic E-state index is -5.50. The Balaban J connectivity index is 1.87. The van der Waals surface area contributed by atoms with E-state index < -0.39 is 42.5 Å². The molecule has 5 atom stereocenters.